The van der Waals surface area contributed by atoms with Crippen LogP contribution in [0, 0.1) is 0 Å². The molecule has 0 saturated carbocycles. The van der Waals surface area contributed by atoms with Crippen molar-refractivity contribution in [2.45, 2.75) is 0 Å². The second kappa shape index (κ2) is 9.96. The highest BCUT2D eigenvalue weighted by Gasteiger charge is 2.19. The van der Waals surface area contributed by atoms with Crippen LogP contribution in [-0.2, 0) is 7.05 Å². The number of aromatic nitrogens is 3. The Kier molecular flexibility index (Phi) is 5.47. The van der Waals surface area contributed by atoms with Crippen LogP contribution in [-0.4, -0.2) is 13.7 Å². The lowest BCUT2D eigenvalue weighted by Gasteiger charge is -2.11. The molecule has 49 heavy (non-hydrogen) atoms. The first-order valence-corrected chi connectivity index (χ1v) is 17.6. The van der Waals surface area contributed by atoms with Crippen LogP contribution in [0.3, 0.4) is 0 Å². The molecule has 3 nitrogen and oxygen atoms in total. The van der Waals surface area contributed by atoms with Gasteiger partial charge in [-0.25, -0.2) is 0 Å². The van der Waals surface area contributed by atoms with Gasteiger partial charge in [-0.3, -0.25) is 0 Å². The van der Waals surface area contributed by atoms with Crippen LogP contribution in [0.1, 0.15) is 0 Å². The van der Waals surface area contributed by atoms with Crippen LogP contribution in [0.2, 0.25) is 0 Å². The van der Waals surface area contributed by atoms with E-state index in [1.807, 2.05) is 11.3 Å². The van der Waals surface area contributed by atoms with Gasteiger partial charge in [-0.05, 0) is 77.9 Å². The van der Waals surface area contributed by atoms with Crippen molar-refractivity contribution in [2.24, 2.45) is 7.05 Å². The molecule has 11 rings (SSSR count). The predicted molar refractivity (Wildman–Crippen MR) is 210 cm³/mol. The summed E-state index contributed by atoms with van der Waals surface area (Å²) in [6.07, 6.45) is 0. The first-order chi connectivity index (χ1) is 24.2. The van der Waals surface area contributed by atoms with E-state index < -0.39 is 0 Å². The maximum absolute atomic E-state index is 2.44. The van der Waals surface area contributed by atoms with Gasteiger partial charge in [0.25, 0.3) is 0 Å². The van der Waals surface area contributed by atoms with Gasteiger partial charge in [0.05, 0.1) is 32.3 Å². The molecule has 4 aromatic heterocycles. The van der Waals surface area contributed by atoms with Crippen LogP contribution in [0.15, 0.2) is 158 Å². The van der Waals surface area contributed by atoms with E-state index >= 15 is 0 Å². The highest BCUT2D eigenvalue weighted by molar-refractivity contribution is 7.26. The minimum absolute atomic E-state index is 1.16. The van der Waals surface area contributed by atoms with Crippen LogP contribution in [0.5, 0.6) is 0 Å². The smallest absolute Gasteiger partial charge is 0.0727 e. The topological polar surface area (TPSA) is 14.8 Å². The van der Waals surface area contributed by atoms with Gasteiger partial charge in [0, 0.05) is 61.0 Å². The van der Waals surface area contributed by atoms with Crippen LogP contribution < -0.4 is 0 Å². The fourth-order valence-electron chi connectivity index (χ4n) is 8.20. The summed E-state index contributed by atoms with van der Waals surface area (Å²) in [4.78, 5) is 0. The molecule has 0 saturated heterocycles. The number of para-hydroxylation sites is 3. The minimum Gasteiger partial charge on any atom is -0.344 e. The van der Waals surface area contributed by atoms with Gasteiger partial charge in [-0.2, -0.15) is 0 Å². The summed E-state index contributed by atoms with van der Waals surface area (Å²) < 4.78 is 9.84. The zero-order valence-corrected chi connectivity index (χ0v) is 27.6. The lowest BCUT2D eigenvalue weighted by molar-refractivity contribution is 1.01. The lowest BCUT2D eigenvalue weighted by atomic mass is 10.0. The largest absolute Gasteiger partial charge is 0.344 e. The first kappa shape index (κ1) is 26.9. The number of thiophene rings is 1. The number of nitrogens with zero attached hydrogens (tertiary/aromatic N) is 3. The molecule has 0 spiro atoms. The van der Waals surface area contributed by atoms with Crippen molar-refractivity contribution in [3.63, 3.8) is 0 Å². The van der Waals surface area contributed by atoms with Crippen molar-refractivity contribution in [1.82, 2.24) is 13.7 Å². The Hall–Kier alpha value is -6.10. The number of rotatable bonds is 3. The third-order valence-corrected chi connectivity index (χ3v) is 11.6. The fourth-order valence-corrected chi connectivity index (χ4v) is 9.41. The van der Waals surface area contributed by atoms with Gasteiger partial charge in [0.1, 0.15) is 0 Å². The second-order valence-electron chi connectivity index (χ2n) is 13.0. The quantitative estimate of drug-likeness (QED) is 0.182. The Labute approximate surface area is 286 Å². The van der Waals surface area contributed by atoms with Crippen LogP contribution in [0.25, 0.3) is 97.3 Å². The molecule has 0 aliphatic rings. The predicted octanol–water partition coefficient (Wildman–Crippen LogP) is 12.4. The molecule has 11 aromatic rings. The third kappa shape index (κ3) is 3.72. The van der Waals surface area contributed by atoms with E-state index in [1.165, 1.54) is 91.6 Å². The number of fused-ring (bicyclic) bond motifs is 11. The van der Waals surface area contributed by atoms with Gasteiger partial charge in [0.15, 0.2) is 0 Å². The van der Waals surface area contributed by atoms with E-state index in [0.29, 0.717) is 0 Å². The lowest BCUT2D eigenvalue weighted by Crippen LogP contribution is -1.94. The summed E-state index contributed by atoms with van der Waals surface area (Å²) in [5, 5.41) is 7.75. The number of aryl methyl sites for hydroxylation is 1. The minimum atomic E-state index is 1.16. The van der Waals surface area contributed by atoms with Gasteiger partial charge in [-0.15, -0.1) is 11.3 Å². The van der Waals surface area contributed by atoms with Gasteiger partial charge < -0.3 is 13.7 Å². The summed E-state index contributed by atoms with van der Waals surface area (Å²) >= 11 is 1.89. The Balaban J connectivity index is 1.09. The van der Waals surface area contributed by atoms with Gasteiger partial charge in [0.2, 0.25) is 0 Å². The highest BCUT2D eigenvalue weighted by Crippen LogP contribution is 2.44. The fraction of sp³-hybridized carbons (Fsp3) is 0.0222. The monoisotopic (exact) mass is 643 g/mol. The molecule has 0 fully saturated rings. The first-order valence-electron chi connectivity index (χ1n) is 16.8. The molecule has 0 aliphatic carbocycles. The number of benzene rings is 7. The normalized spacial score (nSPS) is 12.2. The summed E-state index contributed by atoms with van der Waals surface area (Å²) in [6.45, 7) is 0. The Morgan fingerprint density at radius 3 is 1.82 bits per heavy atom. The van der Waals surface area contributed by atoms with Crippen LogP contribution >= 0.6 is 11.3 Å². The van der Waals surface area contributed by atoms with Crippen molar-refractivity contribution < 1.29 is 0 Å². The third-order valence-electron chi connectivity index (χ3n) is 10.5. The number of hydrogen-bond donors (Lipinski definition) is 0. The maximum atomic E-state index is 2.44. The average Bonchev–Trinajstić information content (AvgIpc) is 3.87. The molecule has 7 aromatic carbocycles. The summed E-state index contributed by atoms with van der Waals surface area (Å²) in [5.41, 5.74) is 12.3. The zero-order chi connectivity index (χ0) is 32.2. The molecule has 0 radical (unpaired) electrons. The summed E-state index contributed by atoms with van der Waals surface area (Å²) in [7, 11) is 2.18. The molecular formula is C45H29N3S. The van der Waals surface area contributed by atoms with E-state index in [1.54, 1.807) is 0 Å². The van der Waals surface area contributed by atoms with Crippen LogP contribution in [0.4, 0.5) is 0 Å². The van der Waals surface area contributed by atoms with E-state index in [0.717, 1.165) is 5.69 Å². The SMILES string of the molecule is Cn1c2ccccc2c2cc3c4ccccc4n(-c4ccc(-c5ccc6c(c5)c5sc7ccccc7c5n6-c5ccccc5)cc4)c3cc21. The summed E-state index contributed by atoms with van der Waals surface area (Å²) in [5.74, 6) is 0. The van der Waals surface area contributed by atoms with Crippen molar-refractivity contribution >= 4 is 86.2 Å². The average molecular weight is 644 g/mol. The van der Waals surface area contributed by atoms with Gasteiger partial charge >= 0.3 is 0 Å². The van der Waals surface area contributed by atoms with Crippen molar-refractivity contribution in [1.29, 1.82) is 0 Å². The molecule has 0 aliphatic heterocycles. The standard InChI is InChI=1S/C45H29N3S/c1-46-38-16-8-5-13-32(38)35-26-36-33-14-6-9-17-39(33)47(42(36)27-41(35)46)31-22-19-28(20-23-31)29-21-24-40-37(25-29)45-44(34-15-7-10-18-43(34)49-45)48(40)30-11-3-2-4-12-30/h2-27H,1H3. The molecule has 0 amide bonds. The van der Waals surface area contributed by atoms with E-state index in [9.17, 15) is 0 Å². The molecule has 0 atom stereocenters. The van der Waals surface area contributed by atoms with Crippen molar-refractivity contribution in [3.8, 4) is 22.5 Å². The number of hydrogen-bond acceptors (Lipinski definition) is 1. The maximum Gasteiger partial charge on any atom is 0.0727 e. The Morgan fingerprint density at radius 2 is 1.00 bits per heavy atom. The summed E-state index contributed by atoms with van der Waals surface area (Å²) in [6, 6.07) is 57.9. The molecule has 0 N–H and O–H groups in total. The van der Waals surface area contributed by atoms with E-state index in [2.05, 4.69) is 178 Å². The van der Waals surface area contributed by atoms with Crippen molar-refractivity contribution in [3.05, 3.63) is 158 Å². The van der Waals surface area contributed by atoms with Gasteiger partial charge in [-0.1, -0.05) is 91.0 Å². The molecule has 230 valence electrons. The second-order valence-corrected chi connectivity index (χ2v) is 14.1. The van der Waals surface area contributed by atoms with E-state index in [-0.39, 0.29) is 0 Å². The molecule has 0 unspecified atom stereocenters. The molecule has 0 bridgehead atoms. The Bertz CT molecular complexity index is 3100. The zero-order valence-electron chi connectivity index (χ0n) is 26.8. The van der Waals surface area contributed by atoms with E-state index in [4.69, 9.17) is 0 Å². The molecule has 4 heterocycles. The Morgan fingerprint density at radius 1 is 0.388 bits per heavy atom. The molecular weight excluding hydrogens is 615 g/mol. The molecule has 4 heteroatoms. The van der Waals surface area contributed by atoms with Crippen molar-refractivity contribution in [2.75, 3.05) is 0 Å². The highest BCUT2D eigenvalue weighted by atomic mass is 32.1.